The van der Waals surface area contributed by atoms with E-state index in [0.29, 0.717) is 18.9 Å². The summed E-state index contributed by atoms with van der Waals surface area (Å²) < 4.78 is 0. The van der Waals surface area contributed by atoms with Crippen molar-refractivity contribution in [3.63, 3.8) is 0 Å². The van der Waals surface area contributed by atoms with Crippen LogP contribution in [0.3, 0.4) is 0 Å². The van der Waals surface area contributed by atoms with Crippen LogP contribution in [0.4, 0.5) is 0 Å². The fraction of sp³-hybridized carbons (Fsp3) is 0.529. The Hall–Kier alpha value is -1.84. The zero-order valence-electron chi connectivity index (χ0n) is 13.3. The van der Waals surface area contributed by atoms with Crippen LogP contribution < -0.4 is 5.32 Å². The highest BCUT2D eigenvalue weighted by atomic mass is 16.2. The van der Waals surface area contributed by atoms with E-state index in [1.165, 1.54) is 11.1 Å². The highest BCUT2D eigenvalue weighted by Gasteiger charge is 2.34. The number of benzene rings is 1. The van der Waals surface area contributed by atoms with Gasteiger partial charge in [0.2, 0.25) is 11.8 Å². The van der Waals surface area contributed by atoms with Gasteiger partial charge in [0.05, 0.1) is 6.54 Å². The first kappa shape index (κ1) is 15.5. The first-order chi connectivity index (χ1) is 9.88. The quantitative estimate of drug-likeness (QED) is 0.923. The molecule has 0 aromatic heterocycles. The van der Waals surface area contributed by atoms with Gasteiger partial charge in [0.1, 0.15) is 6.04 Å². The minimum atomic E-state index is -0.354. The third-order valence-corrected chi connectivity index (χ3v) is 4.03. The standard InChI is InChI=1S/C17H24N2O2/c1-11(2)7-15-17(21)18-9-16(20)19(15)10-14-6-5-12(3)13(4)8-14/h5-6,8,11,15H,7,9-10H2,1-4H3,(H,18,21). The molecular formula is C17H24N2O2. The van der Waals surface area contributed by atoms with Crippen LogP contribution in [0.5, 0.6) is 0 Å². The zero-order valence-corrected chi connectivity index (χ0v) is 13.3. The molecule has 2 amide bonds. The van der Waals surface area contributed by atoms with E-state index in [0.717, 1.165) is 5.56 Å². The molecule has 1 saturated heterocycles. The van der Waals surface area contributed by atoms with Crippen molar-refractivity contribution in [1.82, 2.24) is 10.2 Å². The van der Waals surface area contributed by atoms with Gasteiger partial charge >= 0.3 is 0 Å². The van der Waals surface area contributed by atoms with Gasteiger partial charge in [-0.25, -0.2) is 0 Å². The minimum Gasteiger partial charge on any atom is -0.345 e. The van der Waals surface area contributed by atoms with Gasteiger partial charge in [-0.3, -0.25) is 9.59 Å². The second-order valence-corrected chi connectivity index (χ2v) is 6.30. The van der Waals surface area contributed by atoms with Crippen LogP contribution in [0.15, 0.2) is 18.2 Å². The molecule has 1 fully saturated rings. The Balaban J connectivity index is 2.21. The second kappa shape index (κ2) is 6.29. The summed E-state index contributed by atoms with van der Waals surface area (Å²) in [7, 11) is 0. The predicted molar refractivity (Wildman–Crippen MR) is 82.7 cm³/mol. The molecule has 4 heteroatoms. The maximum absolute atomic E-state index is 12.2. The molecule has 114 valence electrons. The lowest BCUT2D eigenvalue weighted by Crippen LogP contribution is -2.58. The highest BCUT2D eigenvalue weighted by Crippen LogP contribution is 2.19. The van der Waals surface area contributed by atoms with Crippen molar-refractivity contribution in [1.29, 1.82) is 0 Å². The molecule has 1 N–H and O–H groups in total. The molecule has 1 aromatic rings. The van der Waals surface area contributed by atoms with Gasteiger partial charge in [0, 0.05) is 6.54 Å². The molecule has 1 aliphatic rings. The van der Waals surface area contributed by atoms with E-state index in [1.807, 2.05) is 6.07 Å². The smallest absolute Gasteiger partial charge is 0.243 e. The summed E-state index contributed by atoms with van der Waals surface area (Å²) >= 11 is 0. The molecule has 1 aromatic carbocycles. The average Bonchev–Trinajstić information content (AvgIpc) is 2.41. The number of nitrogens with zero attached hydrogens (tertiary/aromatic N) is 1. The van der Waals surface area contributed by atoms with Crippen LogP contribution in [-0.2, 0) is 16.1 Å². The number of carbonyl (C=O) groups excluding carboxylic acids is 2. The second-order valence-electron chi connectivity index (χ2n) is 6.30. The Morgan fingerprint density at radius 1 is 1.24 bits per heavy atom. The van der Waals surface area contributed by atoms with Gasteiger partial charge in [-0.05, 0) is 42.9 Å². The average molecular weight is 288 g/mol. The molecule has 0 radical (unpaired) electrons. The van der Waals surface area contributed by atoms with Crippen LogP contribution in [0.25, 0.3) is 0 Å². The number of piperazine rings is 1. The lowest BCUT2D eigenvalue weighted by atomic mass is 9.98. The number of hydrogen-bond acceptors (Lipinski definition) is 2. The third kappa shape index (κ3) is 3.63. The Kier molecular flexibility index (Phi) is 4.66. The number of nitrogens with one attached hydrogen (secondary N) is 1. The Morgan fingerprint density at radius 3 is 2.57 bits per heavy atom. The van der Waals surface area contributed by atoms with E-state index in [1.54, 1.807) is 4.90 Å². The van der Waals surface area contributed by atoms with E-state index >= 15 is 0 Å². The monoisotopic (exact) mass is 288 g/mol. The molecule has 0 aliphatic carbocycles. The molecule has 0 bridgehead atoms. The topological polar surface area (TPSA) is 49.4 Å². The first-order valence-electron chi connectivity index (χ1n) is 7.51. The fourth-order valence-corrected chi connectivity index (χ4v) is 2.68. The number of carbonyl (C=O) groups is 2. The van der Waals surface area contributed by atoms with Gasteiger partial charge in [0.25, 0.3) is 0 Å². The number of amides is 2. The van der Waals surface area contributed by atoms with Gasteiger partial charge in [0.15, 0.2) is 0 Å². The van der Waals surface area contributed by atoms with E-state index in [2.05, 4.69) is 45.1 Å². The maximum atomic E-state index is 12.2. The van der Waals surface area contributed by atoms with Crippen LogP contribution in [0, 0.1) is 19.8 Å². The highest BCUT2D eigenvalue weighted by molar-refractivity contribution is 5.94. The van der Waals surface area contributed by atoms with Crippen molar-refractivity contribution < 1.29 is 9.59 Å². The molecule has 2 rings (SSSR count). The normalized spacial score (nSPS) is 19.1. The summed E-state index contributed by atoms with van der Waals surface area (Å²) in [4.78, 5) is 26.0. The lowest BCUT2D eigenvalue weighted by molar-refractivity contribution is -0.146. The summed E-state index contributed by atoms with van der Waals surface area (Å²) in [6.07, 6.45) is 0.697. The van der Waals surface area contributed by atoms with E-state index in [-0.39, 0.29) is 24.4 Å². The Morgan fingerprint density at radius 2 is 1.95 bits per heavy atom. The summed E-state index contributed by atoms with van der Waals surface area (Å²) in [5.41, 5.74) is 3.52. The van der Waals surface area contributed by atoms with Crippen molar-refractivity contribution in [3.05, 3.63) is 34.9 Å². The molecule has 0 saturated carbocycles. The summed E-state index contributed by atoms with van der Waals surface area (Å²) in [6, 6.07) is 5.85. The number of hydrogen-bond donors (Lipinski definition) is 1. The fourth-order valence-electron chi connectivity index (χ4n) is 2.68. The Labute approximate surface area is 126 Å². The van der Waals surface area contributed by atoms with Crippen molar-refractivity contribution in [3.8, 4) is 0 Å². The van der Waals surface area contributed by atoms with E-state index in [4.69, 9.17) is 0 Å². The molecule has 0 spiro atoms. The van der Waals surface area contributed by atoms with Gasteiger partial charge in [-0.15, -0.1) is 0 Å². The van der Waals surface area contributed by atoms with Crippen LogP contribution in [0.1, 0.15) is 37.0 Å². The molecular weight excluding hydrogens is 264 g/mol. The van der Waals surface area contributed by atoms with Crippen LogP contribution >= 0.6 is 0 Å². The molecule has 1 atom stereocenters. The van der Waals surface area contributed by atoms with Crippen LogP contribution in [-0.4, -0.2) is 29.3 Å². The largest absolute Gasteiger partial charge is 0.345 e. The molecule has 1 unspecified atom stereocenters. The van der Waals surface area contributed by atoms with Gasteiger partial charge < -0.3 is 10.2 Å². The lowest BCUT2D eigenvalue weighted by Gasteiger charge is -2.36. The van der Waals surface area contributed by atoms with E-state index < -0.39 is 0 Å². The molecule has 1 aliphatic heterocycles. The third-order valence-electron chi connectivity index (χ3n) is 4.03. The first-order valence-corrected chi connectivity index (χ1v) is 7.51. The molecule has 21 heavy (non-hydrogen) atoms. The van der Waals surface area contributed by atoms with Crippen LogP contribution in [0.2, 0.25) is 0 Å². The summed E-state index contributed by atoms with van der Waals surface area (Å²) in [6.45, 7) is 8.89. The molecule has 4 nitrogen and oxygen atoms in total. The zero-order chi connectivity index (χ0) is 15.6. The summed E-state index contributed by atoms with van der Waals surface area (Å²) in [5, 5.41) is 2.69. The van der Waals surface area contributed by atoms with Gasteiger partial charge in [-0.2, -0.15) is 0 Å². The maximum Gasteiger partial charge on any atom is 0.243 e. The van der Waals surface area contributed by atoms with Gasteiger partial charge in [-0.1, -0.05) is 32.0 Å². The van der Waals surface area contributed by atoms with E-state index in [9.17, 15) is 9.59 Å². The molecule has 1 heterocycles. The number of aryl methyl sites for hydroxylation is 2. The van der Waals surface area contributed by atoms with Crippen molar-refractivity contribution in [2.45, 2.75) is 46.7 Å². The summed E-state index contributed by atoms with van der Waals surface area (Å²) in [5.74, 6) is 0.333. The van der Waals surface area contributed by atoms with Crippen molar-refractivity contribution in [2.75, 3.05) is 6.54 Å². The van der Waals surface area contributed by atoms with Crippen molar-refractivity contribution >= 4 is 11.8 Å². The SMILES string of the molecule is Cc1ccc(CN2C(=O)CNC(=O)C2CC(C)C)cc1C. The predicted octanol–water partition coefficient (Wildman–Crippen LogP) is 2.18. The number of rotatable bonds is 4. The Bertz CT molecular complexity index is 552. The van der Waals surface area contributed by atoms with Crippen molar-refractivity contribution in [2.24, 2.45) is 5.92 Å². The minimum absolute atomic E-state index is 0.00141.